The predicted molar refractivity (Wildman–Crippen MR) is 94.0 cm³/mol. The fourth-order valence-electron chi connectivity index (χ4n) is 2.64. The molecule has 0 spiro atoms. The van der Waals surface area contributed by atoms with Gasteiger partial charge in [-0.15, -0.1) is 0 Å². The second kappa shape index (κ2) is 8.37. The van der Waals surface area contributed by atoms with Crippen molar-refractivity contribution in [1.82, 2.24) is 14.9 Å². The lowest BCUT2D eigenvalue weighted by Crippen LogP contribution is -2.23. The van der Waals surface area contributed by atoms with Crippen LogP contribution in [0.3, 0.4) is 0 Å². The smallest absolute Gasteiger partial charge is 0.227 e. The van der Waals surface area contributed by atoms with Crippen LogP contribution in [0.2, 0.25) is 0 Å². The molecule has 0 unspecified atom stereocenters. The highest BCUT2D eigenvalue weighted by Crippen LogP contribution is 2.19. The predicted octanol–water partition coefficient (Wildman–Crippen LogP) is 1.83. The number of aromatic hydroxyl groups is 1. The molecule has 0 aliphatic heterocycles. The Labute approximate surface area is 150 Å². The lowest BCUT2D eigenvalue weighted by atomic mass is 10.2. The molecule has 0 amide bonds. The van der Waals surface area contributed by atoms with Crippen LogP contribution in [-0.2, 0) is 26.2 Å². The maximum Gasteiger partial charge on any atom is 0.227 e. The van der Waals surface area contributed by atoms with Crippen molar-refractivity contribution < 1.29 is 14.6 Å². The van der Waals surface area contributed by atoms with Gasteiger partial charge in [0.1, 0.15) is 12.4 Å². The van der Waals surface area contributed by atoms with Crippen molar-refractivity contribution in [3.63, 3.8) is 0 Å². The van der Waals surface area contributed by atoms with Crippen LogP contribution in [0, 0.1) is 0 Å². The highest BCUT2D eigenvalue weighted by molar-refractivity contribution is 5.25. The molecular weight excluding hydrogens is 334 g/mol. The fraction of sp³-hybridized carbons (Fsp3) is 0.211. The van der Waals surface area contributed by atoms with E-state index in [4.69, 9.17) is 4.42 Å². The van der Waals surface area contributed by atoms with Gasteiger partial charge in [-0.05, 0) is 23.3 Å². The van der Waals surface area contributed by atoms with E-state index in [0.29, 0.717) is 13.1 Å². The van der Waals surface area contributed by atoms with Gasteiger partial charge in [0.25, 0.3) is 0 Å². The highest BCUT2D eigenvalue weighted by atomic mass is 16.4. The van der Waals surface area contributed by atoms with Gasteiger partial charge in [0.05, 0.1) is 6.54 Å². The van der Waals surface area contributed by atoms with Gasteiger partial charge in [-0.25, -0.2) is 0 Å². The van der Waals surface area contributed by atoms with Crippen LogP contribution in [0.25, 0.3) is 0 Å². The summed E-state index contributed by atoms with van der Waals surface area (Å²) in [5.74, 6) is -0.204. The van der Waals surface area contributed by atoms with Gasteiger partial charge in [0.2, 0.25) is 11.2 Å². The molecule has 0 aromatic carbocycles. The van der Waals surface area contributed by atoms with Crippen LogP contribution in [0.1, 0.15) is 22.6 Å². The van der Waals surface area contributed by atoms with Gasteiger partial charge in [-0.2, -0.15) is 0 Å². The van der Waals surface area contributed by atoms with Crippen molar-refractivity contribution in [1.29, 1.82) is 0 Å². The van der Waals surface area contributed by atoms with Gasteiger partial charge >= 0.3 is 0 Å². The zero-order valence-corrected chi connectivity index (χ0v) is 14.1. The van der Waals surface area contributed by atoms with E-state index in [1.807, 2.05) is 29.2 Å². The van der Waals surface area contributed by atoms with Gasteiger partial charge in [-0.1, -0.05) is 12.1 Å². The van der Waals surface area contributed by atoms with E-state index in [9.17, 15) is 15.0 Å². The number of aliphatic hydroxyl groups excluding tert-OH is 1. The van der Waals surface area contributed by atoms with Crippen molar-refractivity contribution in [2.24, 2.45) is 0 Å². The molecule has 0 radical (unpaired) electrons. The summed E-state index contributed by atoms with van der Waals surface area (Å²) in [7, 11) is 0. The molecule has 2 N–H and O–H groups in total. The topological polar surface area (TPSA) is 99.7 Å². The van der Waals surface area contributed by atoms with E-state index in [2.05, 4.69) is 9.97 Å². The van der Waals surface area contributed by atoms with E-state index in [-0.39, 0.29) is 18.1 Å². The number of hydrogen-bond acceptors (Lipinski definition) is 7. The Bertz CT molecular complexity index is 856. The van der Waals surface area contributed by atoms with Crippen LogP contribution in [0.4, 0.5) is 0 Å². The maximum atomic E-state index is 11.9. The van der Waals surface area contributed by atoms with Crippen LogP contribution in [0.5, 0.6) is 5.75 Å². The number of hydrogen-bond donors (Lipinski definition) is 2. The summed E-state index contributed by atoms with van der Waals surface area (Å²) < 4.78 is 5.47. The Kier molecular flexibility index (Phi) is 5.73. The lowest BCUT2D eigenvalue weighted by Gasteiger charge is -2.22. The molecular formula is C19H19N3O4. The minimum Gasteiger partial charge on any atom is -0.502 e. The average Bonchev–Trinajstić information content (AvgIpc) is 2.67. The van der Waals surface area contributed by atoms with Gasteiger partial charge in [-0.3, -0.25) is 19.7 Å². The monoisotopic (exact) mass is 353 g/mol. The zero-order valence-electron chi connectivity index (χ0n) is 14.1. The molecule has 0 fully saturated rings. The van der Waals surface area contributed by atoms with Gasteiger partial charge in [0, 0.05) is 43.9 Å². The molecule has 134 valence electrons. The Morgan fingerprint density at radius 1 is 1.00 bits per heavy atom. The van der Waals surface area contributed by atoms with Crippen molar-refractivity contribution in [3.05, 3.63) is 88.0 Å². The number of aromatic nitrogens is 2. The third-order valence-corrected chi connectivity index (χ3v) is 3.82. The van der Waals surface area contributed by atoms with E-state index < -0.39 is 17.8 Å². The Hall–Kier alpha value is -3.03. The SMILES string of the molecule is O=c1cc(CO)oc(CN(Cc2cccnc2)Cc2cccnc2)c1O. The molecule has 7 heteroatoms. The first-order valence-electron chi connectivity index (χ1n) is 8.11. The van der Waals surface area contributed by atoms with Crippen molar-refractivity contribution >= 4 is 0 Å². The van der Waals surface area contributed by atoms with Gasteiger partial charge < -0.3 is 14.6 Å². The first-order chi connectivity index (χ1) is 12.7. The fourth-order valence-corrected chi connectivity index (χ4v) is 2.64. The Morgan fingerprint density at radius 2 is 1.62 bits per heavy atom. The summed E-state index contributed by atoms with van der Waals surface area (Å²) in [6.07, 6.45) is 6.92. The first kappa shape index (κ1) is 17.8. The Morgan fingerprint density at radius 3 is 2.12 bits per heavy atom. The second-order valence-corrected chi connectivity index (χ2v) is 5.87. The van der Waals surface area contributed by atoms with Crippen LogP contribution in [-0.4, -0.2) is 25.1 Å². The quantitative estimate of drug-likeness (QED) is 0.668. The molecule has 0 aliphatic rings. The summed E-state index contributed by atoms with van der Waals surface area (Å²) >= 11 is 0. The minimum atomic E-state index is -0.571. The molecule has 7 nitrogen and oxygen atoms in total. The summed E-state index contributed by atoms with van der Waals surface area (Å²) in [6, 6.07) is 8.68. The summed E-state index contributed by atoms with van der Waals surface area (Å²) in [5, 5.41) is 19.3. The van der Waals surface area contributed by atoms with Crippen LogP contribution in [0.15, 0.2) is 64.3 Å². The molecule has 3 aromatic rings. The van der Waals surface area contributed by atoms with Crippen molar-refractivity contribution in [2.75, 3.05) is 0 Å². The van der Waals surface area contributed by atoms with Gasteiger partial charge in [0.15, 0.2) is 5.76 Å². The van der Waals surface area contributed by atoms with E-state index >= 15 is 0 Å². The normalized spacial score (nSPS) is 11.0. The second-order valence-electron chi connectivity index (χ2n) is 5.87. The molecule has 3 aromatic heterocycles. The molecule has 0 bridgehead atoms. The molecule has 0 saturated carbocycles. The molecule has 3 heterocycles. The zero-order chi connectivity index (χ0) is 18.4. The molecule has 26 heavy (non-hydrogen) atoms. The number of pyridine rings is 2. The minimum absolute atomic E-state index is 0.116. The van der Waals surface area contributed by atoms with E-state index in [1.165, 1.54) is 0 Å². The van der Waals surface area contributed by atoms with E-state index in [1.54, 1.807) is 24.8 Å². The first-order valence-corrected chi connectivity index (χ1v) is 8.11. The number of aliphatic hydroxyl groups is 1. The molecule has 0 saturated heterocycles. The molecule has 0 aliphatic carbocycles. The highest BCUT2D eigenvalue weighted by Gasteiger charge is 2.16. The third kappa shape index (κ3) is 4.53. The van der Waals surface area contributed by atoms with Crippen LogP contribution < -0.4 is 5.43 Å². The van der Waals surface area contributed by atoms with Crippen molar-refractivity contribution in [3.8, 4) is 5.75 Å². The summed E-state index contributed by atoms with van der Waals surface area (Å²) in [5.41, 5.74) is 1.39. The third-order valence-electron chi connectivity index (χ3n) is 3.82. The molecule has 0 atom stereocenters. The maximum absolute atomic E-state index is 11.9. The summed E-state index contributed by atoms with van der Waals surface area (Å²) in [6.45, 7) is 0.858. The number of rotatable bonds is 7. The Balaban J connectivity index is 1.88. The lowest BCUT2D eigenvalue weighted by molar-refractivity contribution is 0.196. The van der Waals surface area contributed by atoms with Crippen LogP contribution >= 0.6 is 0 Å². The standard InChI is InChI=1S/C19H19N3O4/c23-13-16-7-17(24)19(25)18(26-16)12-22(10-14-3-1-5-20-8-14)11-15-4-2-6-21-9-15/h1-9,23,25H,10-13H2. The average molecular weight is 353 g/mol. The molecule has 3 rings (SSSR count). The summed E-state index contributed by atoms with van der Waals surface area (Å²) in [4.78, 5) is 22.1. The van der Waals surface area contributed by atoms with Crippen molar-refractivity contribution in [2.45, 2.75) is 26.2 Å². The number of nitrogens with zero attached hydrogens (tertiary/aromatic N) is 3. The largest absolute Gasteiger partial charge is 0.502 e. The van der Waals surface area contributed by atoms with E-state index in [0.717, 1.165) is 17.2 Å².